The lowest BCUT2D eigenvalue weighted by molar-refractivity contribution is 0.196. The largest absolute Gasteiger partial charge is 0.491 e. The van der Waals surface area contributed by atoms with Gasteiger partial charge in [-0.3, -0.25) is 0 Å². The molecule has 20 heavy (non-hydrogen) atoms. The number of ether oxygens (including phenoxy) is 1. The fraction of sp³-hybridized carbons (Fsp3) is 0.400. The fourth-order valence-electron chi connectivity index (χ4n) is 2.68. The topological polar surface area (TPSA) is 38.6 Å². The summed E-state index contributed by atoms with van der Waals surface area (Å²) in [5.41, 5.74) is 2.42. The highest BCUT2D eigenvalue weighted by Crippen LogP contribution is 2.29. The van der Waals surface area contributed by atoms with Gasteiger partial charge in [-0.1, -0.05) is 18.2 Å². The van der Waals surface area contributed by atoms with Crippen molar-refractivity contribution in [2.75, 3.05) is 20.2 Å². The predicted octanol–water partition coefficient (Wildman–Crippen LogP) is 1.65. The van der Waals surface area contributed by atoms with Crippen LogP contribution in [0.25, 0.3) is 0 Å². The van der Waals surface area contributed by atoms with Gasteiger partial charge in [-0.25, -0.2) is 5.32 Å². The van der Waals surface area contributed by atoms with E-state index in [-0.39, 0.29) is 6.04 Å². The van der Waals surface area contributed by atoms with Crippen molar-refractivity contribution in [2.24, 2.45) is 0 Å². The maximum absolute atomic E-state index is 5.86. The van der Waals surface area contributed by atoms with Crippen molar-refractivity contribution in [1.29, 1.82) is 0 Å². The zero-order valence-electron chi connectivity index (χ0n) is 11.5. The molecule has 0 fully saturated rings. The van der Waals surface area contributed by atoms with Crippen LogP contribution < -0.4 is 15.4 Å². The van der Waals surface area contributed by atoms with Gasteiger partial charge in [-0.2, -0.15) is 0 Å². The Labute approximate surface area is 124 Å². The molecular formula is C15H18N3OS. The van der Waals surface area contributed by atoms with Crippen molar-refractivity contribution < 1.29 is 4.74 Å². The Morgan fingerprint density at radius 1 is 1.45 bits per heavy atom. The quantitative estimate of drug-likeness (QED) is 0.855. The molecule has 0 spiro atoms. The van der Waals surface area contributed by atoms with Crippen molar-refractivity contribution in [3.63, 3.8) is 0 Å². The van der Waals surface area contributed by atoms with E-state index >= 15 is 0 Å². The molecule has 0 bridgehead atoms. The van der Waals surface area contributed by atoms with E-state index in [9.17, 15) is 0 Å². The number of nitrogens with one attached hydrogen (secondary N) is 1. The monoisotopic (exact) mass is 288 g/mol. The first-order valence-corrected chi connectivity index (χ1v) is 7.29. The first-order valence-electron chi connectivity index (χ1n) is 6.88. The Hall–Kier alpha value is -1.59. The lowest BCUT2D eigenvalue weighted by atomic mass is 10.0. The third-order valence-corrected chi connectivity index (χ3v) is 4.00. The first kappa shape index (κ1) is 13.4. The van der Waals surface area contributed by atoms with Crippen molar-refractivity contribution in [2.45, 2.75) is 18.9 Å². The summed E-state index contributed by atoms with van der Waals surface area (Å²) < 4.78 is 5.86. The smallest absolute Gasteiger partial charge is 0.200 e. The molecule has 1 radical (unpaired) electrons. The van der Waals surface area contributed by atoms with E-state index in [0.29, 0.717) is 11.7 Å². The molecule has 0 saturated carbocycles. The molecule has 2 heterocycles. The second-order valence-electron chi connectivity index (χ2n) is 5.03. The van der Waals surface area contributed by atoms with Gasteiger partial charge in [-0.05, 0) is 30.9 Å². The van der Waals surface area contributed by atoms with Crippen molar-refractivity contribution >= 4 is 17.3 Å². The molecule has 0 saturated heterocycles. The minimum Gasteiger partial charge on any atom is -0.491 e. The number of hydrogen-bond acceptors (Lipinski definition) is 3. The number of nitrogens with zero attached hydrogens (tertiary/aromatic N) is 2. The van der Waals surface area contributed by atoms with Crippen LogP contribution in [0, 0.1) is 0 Å². The van der Waals surface area contributed by atoms with Gasteiger partial charge < -0.3 is 15.0 Å². The maximum Gasteiger partial charge on any atom is 0.200 e. The van der Waals surface area contributed by atoms with Crippen LogP contribution in [0.15, 0.2) is 36.2 Å². The summed E-state index contributed by atoms with van der Waals surface area (Å²) >= 11 is 5.38. The van der Waals surface area contributed by atoms with Crippen LogP contribution in [0.3, 0.4) is 0 Å². The van der Waals surface area contributed by atoms with Gasteiger partial charge in [0.2, 0.25) is 0 Å². The predicted molar refractivity (Wildman–Crippen MR) is 82.6 cm³/mol. The molecule has 105 valence electrons. The van der Waals surface area contributed by atoms with Crippen LogP contribution in [0.2, 0.25) is 0 Å². The standard InChI is InChI=1S/C15H18N3OS/c1-16-7-6-12-9-17-15(20)18(12)13-8-11-4-2-3-5-14(11)19-10-13/h2-5,9,13,16H,6-8,10H2,1H3/t13-/m1/s1. The van der Waals surface area contributed by atoms with Crippen LogP contribution in [-0.2, 0) is 6.42 Å². The molecule has 1 aromatic carbocycles. The zero-order chi connectivity index (χ0) is 13.9. The van der Waals surface area contributed by atoms with Gasteiger partial charge in [0.1, 0.15) is 12.4 Å². The van der Waals surface area contributed by atoms with Crippen LogP contribution in [-0.4, -0.2) is 36.3 Å². The number of fused-ring (bicyclic) bond motifs is 1. The summed E-state index contributed by atoms with van der Waals surface area (Å²) in [7, 11) is 1.95. The summed E-state index contributed by atoms with van der Waals surface area (Å²) in [6.07, 6.45) is 3.77. The normalized spacial score (nSPS) is 21.1. The molecule has 1 aromatic rings. The van der Waals surface area contributed by atoms with Crippen molar-refractivity contribution in [3.8, 4) is 5.75 Å². The van der Waals surface area contributed by atoms with Crippen LogP contribution >= 0.6 is 12.2 Å². The molecule has 1 atom stereocenters. The number of thiocarbonyl (C=S) groups is 1. The molecule has 0 unspecified atom stereocenters. The molecule has 4 nitrogen and oxygen atoms in total. The summed E-state index contributed by atoms with van der Waals surface area (Å²) in [5, 5.41) is 8.12. The zero-order valence-corrected chi connectivity index (χ0v) is 12.3. The summed E-state index contributed by atoms with van der Waals surface area (Å²) in [6, 6.07) is 8.44. The van der Waals surface area contributed by atoms with E-state index in [1.54, 1.807) is 0 Å². The van der Waals surface area contributed by atoms with Gasteiger partial charge in [0.15, 0.2) is 5.11 Å². The van der Waals surface area contributed by atoms with E-state index < -0.39 is 0 Å². The molecule has 2 aliphatic rings. The first-order chi connectivity index (χ1) is 9.79. The Kier molecular flexibility index (Phi) is 3.89. The van der Waals surface area contributed by atoms with E-state index in [2.05, 4.69) is 27.7 Å². The van der Waals surface area contributed by atoms with E-state index in [0.717, 1.165) is 25.1 Å². The third-order valence-electron chi connectivity index (χ3n) is 3.70. The highest BCUT2D eigenvalue weighted by Gasteiger charge is 2.32. The van der Waals surface area contributed by atoms with Crippen LogP contribution in [0.4, 0.5) is 0 Å². The molecule has 2 aliphatic heterocycles. The van der Waals surface area contributed by atoms with E-state index in [1.807, 2.05) is 25.4 Å². The average Bonchev–Trinajstić information content (AvgIpc) is 2.85. The number of rotatable bonds is 4. The molecule has 0 aliphatic carbocycles. The minimum atomic E-state index is 0.242. The van der Waals surface area contributed by atoms with Gasteiger partial charge in [0.25, 0.3) is 0 Å². The Bertz CT molecular complexity index is 544. The SMILES string of the molecule is CNCCC1=C[N]C(=S)N1[C@H]1COc2ccccc2C1. The van der Waals surface area contributed by atoms with Gasteiger partial charge in [0, 0.05) is 31.3 Å². The molecule has 5 heteroatoms. The van der Waals surface area contributed by atoms with Crippen molar-refractivity contribution in [3.05, 3.63) is 41.7 Å². The second kappa shape index (κ2) is 5.81. The Balaban J connectivity index is 1.76. The van der Waals surface area contributed by atoms with Crippen LogP contribution in [0.5, 0.6) is 5.75 Å². The van der Waals surface area contributed by atoms with Crippen molar-refractivity contribution in [1.82, 2.24) is 15.5 Å². The highest BCUT2D eigenvalue weighted by atomic mass is 32.1. The molecular weight excluding hydrogens is 270 g/mol. The lowest BCUT2D eigenvalue weighted by Gasteiger charge is -2.34. The molecule has 1 N–H and O–H groups in total. The average molecular weight is 288 g/mol. The van der Waals surface area contributed by atoms with Gasteiger partial charge >= 0.3 is 0 Å². The third kappa shape index (κ3) is 2.51. The molecule has 0 amide bonds. The number of hydrogen-bond donors (Lipinski definition) is 1. The number of benzene rings is 1. The van der Waals surface area contributed by atoms with Gasteiger partial charge in [-0.15, -0.1) is 0 Å². The van der Waals surface area contributed by atoms with E-state index in [4.69, 9.17) is 17.0 Å². The Morgan fingerprint density at radius 3 is 3.15 bits per heavy atom. The fourth-order valence-corrected chi connectivity index (χ4v) is 3.00. The van der Waals surface area contributed by atoms with Gasteiger partial charge in [0.05, 0.1) is 6.04 Å². The maximum atomic E-state index is 5.86. The highest BCUT2D eigenvalue weighted by molar-refractivity contribution is 7.80. The Morgan fingerprint density at radius 2 is 2.30 bits per heavy atom. The molecule has 0 aromatic heterocycles. The van der Waals surface area contributed by atoms with E-state index in [1.165, 1.54) is 11.3 Å². The molecule has 3 rings (SSSR count). The summed E-state index contributed by atoms with van der Waals surface area (Å²) in [4.78, 5) is 2.16. The second-order valence-corrected chi connectivity index (χ2v) is 5.40. The summed E-state index contributed by atoms with van der Waals surface area (Å²) in [6.45, 7) is 1.58. The summed E-state index contributed by atoms with van der Waals surface area (Å²) in [5.74, 6) is 0.992. The number of para-hydroxylation sites is 1. The van der Waals surface area contributed by atoms with Crippen LogP contribution in [0.1, 0.15) is 12.0 Å². The lowest BCUT2D eigenvalue weighted by Crippen LogP contribution is -2.44. The minimum absolute atomic E-state index is 0.242.